The summed E-state index contributed by atoms with van der Waals surface area (Å²) < 4.78 is 18.7. The van der Waals surface area contributed by atoms with Gasteiger partial charge in [-0.2, -0.15) is 0 Å². The van der Waals surface area contributed by atoms with E-state index in [1.165, 1.54) is 19.6 Å². The van der Waals surface area contributed by atoms with Crippen molar-refractivity contribution in [1.82, 2.24) is 19.5 Å². The molecule has 0 saturated carbocycles. The second-order valence-electron chi connectivity index (χ2n) is 8.61. The van der Waals surface area contributed by atoms with Gasteiger partial charge in [0, 0.05) is 12.8 Å². The molecule has 4 heterocycles. The van der Waals surface area contributed by atoms with Gasteiger partial charge in [0.25, 0.3) is 0 Å². The molecule has 4 atom stereocenters. The molecule has 3 aromatic rings. The van der Waals surface area contributed by atoms with Crippen molar-refractivity contribution in [3.8, 4) is 11.5 Å². The van der Waals surface area contributed by atoms with E-state index in [0.29, 0.717) is 22.7 Å². The molecule has 5 rings (SSSR count). The van der Waals surface area contributed by atoms with Crippen LogP contribution in [0.5, 0.6) is 11.5 Å². The smallest absolute Gasteiger partial charge is 0.231 e. The van der Waals surface area contributed by atoms with E-state index in [9.17, 15) is 19.8 Å². The average Bonchev–Trinajstić information content (AvgIpc) is 3.50. The SMILES string of the molecule is CC(=O)C(O)[C@H]1O[C@@](Cc2ccc3c(c2)OCO3)(n2cnc3c(N)ncnc32)C[C@@]1(O)C(C)=O. The largest absolute Gasteiger partial charge is 0.454 e. The number of ketones is 2. The maximum atomic E-state index is 12.6. The van der Waals surface area contributed by atoms with Gasteiger partial charge in [-0.1, -0.05) is 6.07 Å². The predicted molar refractivity (Wildman–Crippen MR) is 116 cm³/mol. The number of aromatic nitrogens is 4. The summed E-state index contributed by atoms with van der Waals surface area (Å²) >= 11 is 0. The van der Waals surface area contributed by atoms with Gasteiger partial charge in [-0.3, -0.25) is 14.2 Å². The maximum Gasteiger partial charge on any atom is 0.231 e. The maximum absolute atomic E-state index is 12.6. The zero-order valence-electron chi connectivity index (χ0n) is 18.5. The molecule has 12 nitrogen and oxygen atoms in total. The number of benzene rings is 1. The first kappa shape index (κ1) is 22.2. The monoisotopic (exact) mass is 469 g/mol. The number of nitrogen functional groups attached to an aromatic ring is 1. The Hall–Kier alpha value is -3.61. The number of carbonyl (C=O) groups excluding carboxylic acids is 2. The summed E-state index contributed by atoms with van der Waals surface area (Å²) in [6.45, 7) is 2.44. The lowest BCUT2D eigenvalue weighted by atomic mass is 9.83. The Morgan fingerprint density at radius 3 is 2.74 bits per heavy atom. The number of hydrogen-bond acceptors (Lipinski definition) is 11. The number of hydrogen-bond donors (Lipinski definition) is 3. The lowest BCUT2D eigenvalue weighted by Gasteiger charge is -2.31. The van der Waals surface area contributed by atoms with Crippen LogP contribution in [0.4, 0.5) is 5.82 Å². The normalized spacial score (nSPS) is 26.6. The summed E-state index contributed by atoms with van der Waals surface area (Å²) in [7, 11) is 0. The van der Waals surface area contributed by atoms with Gasteiger partial charge in [0.2, 0.25) is 6.79 Å². The molecule has 2 aromatic heterocycles. The van der Waals surface area contributed by atoms with E-state index >= 15 is 0 Å². The Morgan fingerprint density at radius 2 is 2.00 bits per heavy atom. The Labute approximate surface area is 193 Å². The molecule has 1 fully saturated rings. The van der Waals surface area contributed by atoms with Crippen LogP contribution in [0, 0.1) is 0 Å². The van der Waals surface area contributed by atoms with Crippen molar-refractivity contribution in [2.75, 3.05) is 12.5 Å². The summed E-state index contributed by atoms with van der Waals surface area (Å²) in [5.74, 6) is -0.0321. The highest BCUT2D eigenvalue weighted by Gasteiger charge is 2.62. The van der Waals surface area contributed by atoms with E-state index in [2.05, 4.69) is 15.0 Å². The lowest BCUT2D eigenvalue weighted by molar-refractivity contribution is -0.168. The number of fused-ring (bicyclic) bond motifs is 2. The van der Waals surface area contributed by atoms with E-state index in [0.717, 1.165) is 12.5 Å². The van der Waals surface area contributed by atoms with Crippen molar-refractivity contribution in [2.45, 2.75) is 50.2 Å². The van der Waals surface area contributed by atoms with Crippen LogP contribution in [-0.2, 0) is 26.5 Å². The number of nitrogens with zero attached hydrogens (tertiary/aromatic N) is 4. The number of aliphatic hydroxyl groups excluding tert-OH is 1. The van der Waals surface area contributed by atoms with E-state index in [1.54, 1.807) is 22.8 Å². The molecule has 1 saturated heterocycles. The average molecular weight is 469 g/mol. The molecule has 0 amide bonds. The molecule has 1 unspecified atom stereocenters. The topological polar surface area (TPSA) is 172 Å². The van der Waals surface area contributed by atoms with Crippen LogP contribution in [0.2, 0.25) is 0 Å². The van der Waals surface area contributed by atoms with Gasteiger partial charge in [0.15, 0.2) is 45.9 Å². The molecular formula is C22H23N5O7. The minimum absolute atomic E-state index is 0.0970. The number of anilines is 1. The lowest BCUT2D eigenvalue weighted by Crippen LogP contribution is -2.52. The van der Waals surface area contributed by atoms with Crippen molar-refractivity contribution in [1.29, 1.82) is 0 Å². The molecule has 2 aliphatic heterocycles. The van der Waals surface area contributed by atoms with Gasteiger partial charge in [-0.05, 0) is 31.5 Å². The first-order valence-electron chi connectivity index (χ1n) is 10.6. The minimum Gasteiger partial charge on any atom is -0.454 e. The highest BCUT2D eigenvalue weighted by Crippen LogP contribution is 2.47. The number of ether oxygens (including phenoxy) is 3. The summed E-state index contributed by atoms with van der Waals surface area (Å²) in [6, 6.07) is 5.30. The third-order valence-corrected chi connectivity index (χ3v) is 6.39. The molecule has 34 heavy (non-hydrogen) atoms. The number of aliphatic hydroxyl groups is 2. The Morgan fingerprint density at radius 1 is 1.24 bits per heavy atom. The van der Waals surface area contributed by atoms with Crippen LogP contribution in [0.1, 0.15) is 25.8 Å². The van der Waals surface area contributed by atoms with E-state index < -0.39 is 35.1 Å². The Kier molecular flexibility index (Phi) is 5.04. The van der Waals surface area contributed by atoms with Gasteiger partial charge in [-0.25, -0.2) is 15.0 Å². The first-order chi connectivity index (χ1) is 16.1. The molecule has 12 heteroatoms. The van der Waals surface area contributed by atoms with Gasteiger partial charge in [0.05, 0.1) is 6.33 Å². The minimum atomic E-state index is -2.16. The number of imidazole rings is 1. The van der Waals surface area contributed by atoms with Crippen molar-refractivity contribution < 1.29 is 34.0 Å². The summed E-state index contributed by atoms with van der Waals surface area (Å²) in [5.41, 5.74) is 3.66. The second-order valence-corrected chi connectivity index (χ2v) is 8.61. The first-order valence-corrected chi connectivity index (χ1v) is 10.6. The number of rotatable bonds is 6. The van der Waals surface area contributed by atoms with Gasteiger partial charge < -0.3 is 30.2 Å². The molecule has 1 aromatic carbocycles. The van der Waals surface area contributed by atoms with Crippen molar-refractivity contribution in [2.24, 2.45) is 0 Å². The van der Waals surface area contributed by atoms with E-state index in [1.807, 2.05) is 0 Å². The fourth-order valence-electron chi connectivity index (χ4n) is 4.61. The zero-order chi connectivity index (χ0) is 24.3. The molecule has 2 aliphatic rings. The molecule has 0 aliphatic carbocycles. The fourth-order valence-corrected chi connectivity index (χ4v) is 4.61. The predicted octanol–water partition coefficient (Wildman–Crippen LogP) is 0.0916. The molecule has 0 spiro atoms. The third kappa shape index (κ3) is 3.30. The molecule has 178 valence electrons. The van der Waals surface area contributed by atoms with Crippen LogP contribution >= 0.6 is 0 Å². The van der Waals surface area contributed by atoms with Crippen molar-refractivity contribution in [3.05, 3.63) is 36.4 Å². The van der Waals surface area contributed by atoms with Crippen LogP contribution in [0.25, 0.3) is 11.2 Å². The van der Waals surface area contributed by atoms with Crippen LogP contribution in [-0.4, -0.2) is 65.9 Å². The van der Waals surface area contributed by atoms with Gasteiger partial charge in [-0.15, -0.1) is 0 Å². The van der Waals surface area contributed by atoms with Crippen LogP contribution in [0.3, 0.4) is 0 Å². The van der Waals surface area contributed by atoms with E-state index in [4.69, 9.17) is 19.9 Å². The zero-order valence-corrected chi connectivity index (χ0v) is 18.5. The van der Waals surface area contributed by atoms with Crippen molar-refractivity contribution >= 4 is 28.5 Å². The van der Waals surface area contributed by atoms with E-state index in [-0.39, 0.29) is 25.5 Å². The standard InChI is InChI=1S/C22H23N5O7/c1-11(28)17(30)18-22(31,12(2)29)7-21(34-18,6-13-3-4-14-15(5-13)33-10-32-14)27-9-26-16-19(23)24-8-25-20(16)27/h3-5,8-9,17-18,30-31H,6-7,10H2,1-2H3,(H2,23,24,25)/t17?,18-,21-,22-/m1/s1. The van der Waals surface area contributed by atoms with Crippen LogP contribution < -0.4 is 15.2 Å². The molecule has 0 bridgehead atoms. The highest BCUT2D eigenvalue weighted by atomic mass is 16.7. The van der Waals surface area contributed by atoms with Crippen LogP contribution in [0.15, 0.2) is 30.9 Å². The number of carbonyl (C=O) groups is 2. The number of nitrogens with two attached hydrogens (primary N) is 1. The van der Waals surface area contributed by atoms with Crippen molar-refractivity contribution in [3.63, 3.8) is 0 Å². The van der Waals surface area contributed by atoms with Gasteiger partial charge in [0.1, 0.15) is 24.1 Å². The number of Topliss-reactive ketones (excluding diaryl/α,β-unsaturated/α-hetero) is 2. The molecule has 0 radical (unpaired) electrons. The quantitative estimate of drug-likeness (QED) is 0.447. The Balaban J connectivity index is 1.68. The summed E-state index contributed by atoms with van der Waals surface area (Å²) in [4.78, 5) is 37.2. The summed E-state index contributed by atoms with van der Waals surface area (Å²) in [6.07, 6.45) is -0.747. The summed E-state index contributed by atoms with van der Waals surface area (Å²) in [5, 5.41) is 22.0. The van der Waals surface area contributed by atoms with Gasteiger partial charge >= 0.3 is 0 Å². The Bertz CT molecular complexity index is 1310. The molecular weight excluding hydrogens is 446 g/mol. The highest BCUT2D eigenvalue weighted by molar-refractivity contribution is 5.89. The molecule has 4 N–H and O–H groups in total. The third-order valence-electron chi connectivity index (χ3n) is 6.39. The second kappa shape index (κ2) is 7.72. The fraction of sp³-hybridized carbons (Fsp3) is 0.409.